The summed E-state index contributed by atoms with van der Waals surface area (Å²) in [7, 11) is 0. The van der Waals surface area contributed by atoms with Gasteiger partial charge < -0.3 is 10.2 Å². The van der Waals surface area contributed by atoms with E-state index in [0.29, 0.717) is 5.92 Å². The van der Waals surface area contributed by atoms with E-state index in [9.17, 15) is 10.2 Å². The molecule has 3 aliphatic rings. The normalized spacial score (nSPS) is 42.3. The van der Waals surface area contributed by atoms with Crippen molar-refractivity contribution < 1.29 is 10.2 Å². The molecule has 0 aromatic heterocycles. The van der Waals surface area contributed by atoms with Gasteiger partial charge in [-0.15, -0.1) is 0 Å². The van der Waals surface area contributed by atoms with Gasteiger partial charge in [0, 0.05) is 0 Å². The molecule has 0 amide bonds. The summed E-state index contributed by atoms with van der Waals surface area (Å²) < 4.78 is 0. The Morgan fingerprint density at radius 2 is 1.76 bits per heavy atom. The largest absolute Gasteiger partial charge is 0.393 e. The first-order chi connectivity index (χ1) is 9.96. The zero-order valence-corrected chi connectivity index (χ0v) is 13.9. The fourth-order valence-corrected chi connectivity index (χ4v) is 5.49. The summed E-state index contributed by atoms with van der Waals surface area (Å²) in [6.07, 6.45) is 12.5. The first-order valence-electron chi connectivity index (χ1n) is 9.36. The SMILES string of the molecule is CC(C)(O)CCCCCC1CCCC(O)C2CC3CC1C32. The minimum atomic E-state index is -0.489. The molecule has 0 aromatic carbocycles. The lowest BCUT2D eigenvalue weighted by Crippen LogP contribution is -2.58. The average Bonchev–Trinajstić information content (AvgIpc) is 2.37. The average molecular weight is 294 g/mol. The molecule has 0 spiro atoms. The molecule has 2 N–H and O–H groups in total. The molecule has 2 heteroatoms. The van der Waals surface area contributed by atoms with Gasteiger partial charge in [0.25, 0.3) is 0 Å². The fraction of sp³-hybridized carbons (Fsp3) is 1.00. The van der Waals surface area contributed by atoms with E-state index in [-0.39, 0.29) is 6.10 Å². The number of aliphatic hydroxyl groups excluding tert-OH is 1. The van der Waals surface area contributed by atoms with Crippen molar-refractivity contribution in [1.29, 1.82) is 0 Å². The van der Waals surface area contributed by atoms with Gasteiger partial charge >= 0.3 is 0 Å². The van der Waals surface area contributed by atoms with Crippen LogP contribution in [0.3, 0.4) is 0 Å². The maximum atomic E-state index is 10.2. The highest BCUT2D eigenvalue weighted by Crippen LogP contribution is 2.63. The molecule has 3 rings (SSSR count). The van der Waals surface area contributed by atoms with E-state index in [1.165, 1.54) is 44.9 Å². The van der Waals surface area contributed by atoms with E-state index in [2.05, 4.69) is 0 Å². The molecular weight excluding hydrogens is 260 g/mol. The van der Waals surface area contributed by atoms with E-state index >= 15 is 0 Å². The Morgan fingerprint density at radius 1 is 1.00 bits per heavy atom. The predicted octanol–water partition coefficient (Wildman–Crippen LogP) is 4.14. The maximum Gasteiger partial charge on any atom is 0.0591 e. The maximum absolute atomic E-state index is 10.2. The Bertz CT molecular complexity index is 346. The lowest BCUT2D eigenvalue weighted by molar-refractivity contribution is -0.166. The second-order valence-electron chi connectivity index (χ2n) is 8.81. The molecule has 122 valence electrons. The van der Waals surface area contributed by atoms with Crippen LogP contribution in [0.25, 0.3) is 0 Å². The van der Waals surface area contributed by atoms with E-state index in [1.807, 2.05) is 13.8 Å². The number of rotatable bonds is 6. The minimum Gasteiger partial charge on any atom is -0.393 e. The Hall–Kier alpha value is -0.0800. The fourth-order valence-electron chi connectivity index (χ4n) is 5.49. The molecule has 21 heavy (non-hydrogen) atoms. The van der Waals surface area contributed by atoms with Crippen molar-refractivity contribution in [3.05, 3.63) is 0 Å². The summed E-state index contributed by atoms with van der Waals surface area (Å²) in [5, 5.41) is 20.0. The molecule has 0 radical (unpaired) electrons. The Balaban J connectivity index is 1.41. The summed E-state index contributed by atoms with van der Waals surface area (Å²) in [6, 6.07) is 0. The van der Waals surface area contributed by atoms with Gasteiger partial charge in [-0.25, -0.2) is 0 Å². The van der Waals surface area contributed by atoms with Crippen LogP contribution in [-0.4, -0.2) is 21.9 Å². The summed E-state index contributed by atoms with van der Waals surface area (Å²) in [6.45, 7) is 3.83. The summed E-state index contributed by atoms with van der Waals surface area (Å²) in [5.41, 5.74) is -0.489. The summed E-state index contributed by atoms with van der Waals surface area (Å²) >= 11 is 0. The van der Waals surface area contributed by atoms with Crippen LogP contribution in [-0.2, 0) is 0 Å². The zero-order chi connectivity index (χ0) is 15.0. The third kappa shape index (κ3) is 3.47. The molecule has 6 unspecified atom stereocenters. The van der Waals surface area contributed by atoms with Crippen molar-refractivity contribution >= 4 is 0 Å². The second kappa shape index (κ2) is 6.20. The summed E-state index contributed by atoms with van der Waals surface area (Å²) in [5.74, 6) is 4.40. The molecular formula is C19H34O2. The van der Waals surface area contributed by atoms with Crippen LogP contribution >= 0.6 is 0 Å². The Kier molecular flexibility index (Phi) is 4.66. The molecule has 0 aliphatic heterocycles. The first-order valence-corrected chi connectivity index (χ1v) is 9.36. The quantitative estimate of drug-likeness (QED) is 0.723. The first kappa shape index (κ1) is 15.8. The third-order valence-electron chi connectivity index (χ3n) is 6.72. The highest BCUT2D eigenvalue weighted by molar-refractivity contribution is 5.06. The molecule has 0 aromatic rings. The minimum absolute atomic E-state index is 0.0155. The Morgan fingerprint density at radius 3 is 2.48 bits per heavy atom. The van der Waals surface area contributed by atoms with Gasteiger partial charge in [0.1, 0.15) is 0 Å². The standard InChI is InChI=1S/C19H34O2/c1-19(2,21)10-5-3-4-7-13-8-6-9-17(20)16-12-14-11-15(13)18(14)16/h13-18,20-21H,3-12H2,1-2H3. The molecule has 3 aliphatic carbocycles. The van der Waals surface area contributed by atoms with Crippen LogP contribution in [0.5, 0.6) is 0 Å². The zero-order valence-electron chi connectivity index (χ0n) is 13.9. The smallest absolute Gasteiger partial charge is 0.0591 e. The van der Waals surface area contributed by atoms with Crippen molar-refractivity contribution in [2.75, 3.05) is 0 Å². The van der Waals surface area contributed by atoms with Crippen LogP contribution in [0.1, 0.15) is 78.1 Å². The van der Waals surface area contributed by atoms with Crippen LogP contribution in [0, 0.1) is 29.6 Å². The van der Waals surface area contributed by atoms with Gasteiger partial charge in [-0.05, 0) is 69.1 Å². The van der Waals surface area contributed by atoms with E-state index < -0.39 is 5.60 Å². The topological polar surface area (TPSA) is 40.5 Å². The van der Waals surface area contributed by atoms with Gasteiger partial charge in [-0.1, -0.05) is 38.5 Å². The molecule has 0 bridgehead atoms. The monoisotopic (exact) mass is 294 g/mol. The highest BCUT2D eigenvalue weighted by atomic mass is 16.3. The van der Waals surface area contributed by atoms with Crippen molar-refractivity contribution in [3.63, 3.8) is 0 Å². The summed E-state index contributed by atoms with van der Waals surface area (Å²) in [4.78, 5) is 0. The van der Waals surface area contributed by atoms with Crippen molar-refractivity contribution in [1.82, 2.24) is 0 Å². The van der Waals surface area contributed by atoms with Gasteiger partial charge in [0.2, 0.25) is 0 Å². The van der Waals surface area contributed by atoms with Gasteiger partial charge in [0.05, 0.1) is 11.7 Å². The van der Waals surface area contributed by atoms with Crippen LogP contribution < -0.4 is 0 Å². The molecule has 0 heterocycles. The van der Waals surface area contributed by atoms with Gasteiger partial charge in [-0.3, -0.25) is 0 Å². The molecule has 3 saturated carbocycles. The predicted molar refractivity (Wildman–Crippen MR) is 85.9 cm³/mol. The third-order valence-corrected chi connectivity index (χ3v) is 6.72. The molecule has 2 nitrogen and oxygen atoms in total. The lowest BCUT2D eigenvalue weighted by atomic mass is 9.43. The molecule has 0 saturated heterocycles. The van der Waals surface area contributed by atoms with E-state index in [0.717, 1.165) is 42.9 Å². The van der Waals surface area contributed by atoms with Crippen LogP contribution in [0.4, 0.5) is 0 Å². The molecule has 3 fully saturated rings. The highest BCUT2D eigenvalue weighted by Gasteiger charge is 2.57. The second-order valence-corrected chi connectivity index (χ2v) is 8.81. The number of hydrogen-bond donors (Lipinski definition) is 2. The van der Waals surface area contributed by atoms with E-state index in [1.54, 1.807) is 0 Å². The lowest BCUT2D eigenvalue weighted by Gasteiger charge is -2.63. The van der Waals surface area contributed by atoms with Crippen LogP contribution in [0.15, 0.2) is 0 Å². The Labute approximate surface area is 130 Å². The van der Waals surface area contributed by atoms with Crippen LogP contribution in [0.2, 0.25) is 0 Å². The number of aliphatic hydroxyl groups is 2. The van der Waals surface area contributed by atoms with Gasteiger partial charge in [0.15, 0.2) is 0 Å². The van der Waals surface area contributed by atoms with E-state index in [4.69, 9.17) is 0 Å². The van der Waals surface area contributed by atoms with Crippen molar-refractivity contribution in [2.24, 2.45) is 29.6 Å². The number of unbranched alkanes of at least 4 members (excludes halogenated alkanes) is 2. The van der Waals surface area contributed by atoms with Crippen molar-refractivity contribution in [2.45, 2.75) is 89.8 Å². The molecule has 6 atom stereocenters. The van der Waals surface area contributed by atoms with Gasteiger partial charge in [-0.2, -0.15) is 0 Å². The number of hydrogen-bond acceptors (Lipinski definition) is 2. The van der Waals surface area contributed by atoms with Crippen molar-refractivity contribution in [3.8, 4) is 0 Å².